The van der Waals surface area contributed by atoms with Gasteiger partial charge in [0.1, 0.15) is 5.60 Å². The van der Waals surface area contributed by atoms with Crippen molar-refractivity contribution in [3.8, 4) is 0 Å². The number of hydrogen-bond acceptors (Lipinski definition) is 4. The molecule has 1 amide bonds. The van der Waals surface area contributed by atoms with Gasteiger partial charge in [-0.3, -0.25) is 9.69 Å². The van der Waals surface area contributed by atoms with Crippen molar-refractivity contribution in [2.24, 2.45) is 0 Å². The standard InChI is InChI=1S/C16H22N2O3/c19-12-16(21)7-3-8-17(11-16)10-15(20)18-9-6-13-4-1-2-5-14(13)18/h1-2,4-5,19,21H,3,6-12H2/t16-/m1/s1. The van der Waals surface area contributed by atoms with E-state index >= 15 is 0 Å². The Bertz CT molecular complexity index is 534. The van der Waals surface area contributed by atoms with E-state index in [9.17, 15) is 15.0 Å². The molecule has 21 heavy (non-hydrogen) atoms. The Labute approximate surface area is 124 Å². The van der Waals surface area contributed by atoms with E-state index in [-0.39, 0.29) is 12.5 Å². The number of amides is 1. The van der Waals surface area contributed by atoms with Crippen molar-refractivity contribution >= 4 is 11.6 Å². The van der Waals surface area contributed by atoms with Crippen molar-refractivity contribution in [2.45, 2.75) is 24.9 Å². The normalized spacial score (nSPS) is 25.9. The van der Waals surface area contributed by atoms with Gasteiger partial charge in [-0.2, -0.15) is 0 Å². The molecule has 114 valence electrons. The van der Waals surface area contributed by atoms with Crippen LogP contribution < -0.4 is 4.90 Å². The number of carbonyl (C=O) groups excluding carboxylic acids is 1. The monoisotopic (exact) mass is 290 g/mol. The molecule has 2 aliphatic heterocycles. The average molecular weight is 290 g/mol. The van der Waals surface area contributed by atoms with E-state index in [2.05, 4.69) is 6.07 Å². The number of benzene rings is 1. The Kier molecular flexibility index (Phi) is 3.97. The van der Waals surface area contributed by atoms with E-state index in [0.717, 1.165) is 31.6 Å². The number of aliphatic hydroxyl groups excluding tert-OH is 1. The summed E-state index contributed by atoms with van der Waals surface area (Å²) in [5.74, 6) is 0.0714. The first kappa shape index (κ1) is 14.5. The van der Waals surface area contributed by atoms with Crippen molar-refractivity contribution in [1.82, 2.24) is 4.90 Å². The van der Waals surface area contributed by atoms with Crippen LogP contribution in [0.15, 0.2) is 24.3 Å². The molecule has 3 rings (SSSR count). The zero-order valence-electron chi connectivity index (χ0n) is 12.2. The largest absolute Gasteiger partial charge is 0.393 e. The fraction of sp³-hybridized carbons (Fsp3) is 0.562. The smallest absolute Gasteiger partial charge is 0.241 e. The van der Waals surface area contributed by atoms with E-state index in [0.29, 0.717) is 19.5 Å². The minimum absolute atomic E-state index is 0.0714. The van der Waals surface area contributed by atoms with Crippen LogP contribution >= 0.6 is 0 Å². The quantitative estimate of drug-likeness (QED) is 0.845. The molecule has 1 saturated heterocycles. The highest BCUT2D eigenvalue weighted by molar-refractivity contribution is 5.96. The number of piperidine rings is 1. The molecule has 0 unspecified atom stereocenters. The minimum atomic E-state index is -1.05. The Hall–Kier alpha value is -1.43. The second-order valence-corrected chi connectivity index (χ2v) is 6.12. The van der Waals surface area contributed by atoms with Crippen molar-refractivity contribution in [3.05, 3.63) is 29.8 Å². The number of nitrogens with zero attached hydrogens (tertiary/aromatic N) is 2. The zero-order valence-corrected chi connectivity index (χ0v) is 12.2. The first-order chi connectivity index (χ1) is 10.1. The van der Waals surface area contributed by atoms with Crippen LogP contribution in [-0.4, -0.2) is 59.4 Å². The topological polar surface area (TPSA) is 64.0 Å². The maximum Gasteiger partial charge on any atom is 0.241 e. The van der Waals surface area contributed by atoms with Crippen LogP contribution in [0.5, 0.6) is 0 Å². The lowest BCUT2D eigenvalue weighted by molar-refractivity contribution is -0.122. The predicted molar refractivity (Wildman–Crippen MR) is 80.2 cm³/mol. The van der Waals surface area contributed by atoms with Gasteiger partial charge in [0.25, 0.3) is 0 Å². The molecular formula is C16H22N2O3. The highest BCUT2D eigenvalue weighted by Crippen LogP contribution is 2.28. The predicted octanol–water partition coefficient (Wildman–Crippen LogP) is 0.395. The Morgan fingerprint density at radius 3 is 2.90 bits per heavy atom. The van der Waals surface area contributed by atoms with E-state index < -0.39 is 5.60 Å². The molecule has 5 nitrogen and oxygen atoms in total. The third kappa shape index (κ3) is 2.95. The number of para-hydroxylation sites is 1. The van der Waals surface area contributed by atoms with Gasteiger partial charge in [0.15, 0.2) is 0 Å². The minimum Gasteiger partial charge on any atom is -0.393 e. The molecule has 1 atom stereocenters. The average Bonchev–Trinajstić information content (AvgIpc) is 2.91. The summed E-state index contributed by atoms with van der Waals surface area (Å²) >= 11 is 0. The third-order valence-corrected chi connectivity index (χ3v) is 4.48. The van der Waals surface area contributed by atoms with E-state index in [1.54, 1.807) is 0 Å². The SMILES string of the molecule is O=C(CN1CCC[C@](O)(CO)C1)N1CCc2ccccc21. The number of hydrogen-bond donors (Lipinski definition) is 2. The summed E-state index contributed by atoms with van der Waals surface area (Å²) in [4.78, 5) is 16.3. The van der Waals surface area contributed by atoms with Crippen molar-refractivity contribution in [3.63, 3.8) is 0 Å². The van der Waals surface area contributed by atoms with Crippen molar-refractivity contribution in [2.75, 3.05) is 37.7 Å². The lowest BCUT2D eigenvalue weighted by atomic mass is 9.94. The van der Waals surface area contributed by atoms with Crippen LogP contribution in [-0.2, 0) is 11.2 Å². The molecule has 0 aliphatic carbocycles. The fourth-order valence-electron chi connectivity index (χ4n) is 3.34. The van der Waals surface area contributed by atoms with Gasteiger partial charge < -0.3 is 15.1 Å². The van der Waals surface area contributed by atoms with Crippen LogP contribution in [0.1, 0.15) is 18.4 Å². The number of likely N-dealkylation sites (tertiary alicyclic amines) is 1. The first-order valence-corrected chi connectivity index (χ1v) is 7.55. The Balaban J connectivity index is 1.65. The highest BCUT2D eigenvalue weighted by Gasteiger charge is 2.34. The maximum absolute atomic E-state index is 12.5. The molecule has 1 fully saturated rings. The van der Waals surface area contributed by atoms with Gasteiger partial charge in [0, 0.05) is 18.8 Å². The van der Waals surface area contributed by atoms with E-state index in [1.165, 1.54) is 5.56 Å². The number of carbonyl (C=O) groups is 1. The molecule has 5 heteroatoms. The lowest BCUT2D eigenvalue weighted by Crippen LogP contribution is -2.53. The summed E-state index contributed by atoms with van der Waals surface area (Å²) in [6, 6.07) is 8.00. The summed E-state index contributed by atoms with van der Waals surface area (Å²) in [5, 5.41) is 19.4. The molecule has 0 radical (unpaired) electrons. The second kappa shape index (κ2) is 5.75. The molecule has 2 heterocycles. The molecule has 0 bridgehead atoms. The first-order valence-electron chi connectivity index (χ1n) is 7.55. The Morgan fingerprint density at radius 1 is 1.29 bits per heavy atom. The highest BCUT2D eigenvalue weighted by atomic mass is 16.3. The number of fused-ring (bicyclic) bond motifs is 1. The second-order valence-electron chi connectivity index (χ2n) is 6.12. The number of aliphatic hydroxyl groups is 2. The third-order valence-electron chi connectivity index (χ3n) is 4.48. The number of anilines is 1. The van der Waals surface area contributed by atoms with Crippen LogP contribution in [0.25, 0.3) is 0 Å². The van der Waals surface area contributed by atoms with Crippen LogP contribution in [0, 0.1) is 0 Å². The van der Waals surface area contributed by atoms with Crippen LogP contribution in [0.2, 0.25) is 0 Å². The Morgan fingerprint density at radius 2 is 2.10 bits per heavy atom. The fourth-order valence-corrected chi connectivity index (χ4v) is 3.34. The molecule has 1 aromatic carbocycles. The lowest BCUT2D eigenvalue weighted by Gasteiger charge is -2.38. The summed E-state index contributed by atoms with van der Waals surface area (Å²) in [5.41, 5.74) is 1.18. The van der Waals surface area contributed by atoms with Gasteiger partial charge in [-0.25, -0.2) is 0 Å². The van der Waals surface area contributed by atoms with Gasteiger partial charge >= 0.3 is 0 Å². The molecule has 0 aromatic heterocycles. The maximum atomic E-state index is 12.5. The zero-order chi connectivity index (χ0) is 14.9. The van der Waals surface area contributed by atoms with Gasteiger partial charge in [0.05, 0.1) is 13.2 Å². The summed E-state index contributed by atoms with van der Waals surface area (Å²) in [6.45, 7) is 1.95. The van der Waals surface area contributed by atoms with E-state index in [4.69, 9.17) is 0 Å². The van der Waals surface area contributed by atoms with Gasteiger partial charge in [0.2, 0.25) is 5.91 Å². The van der Waals surface area contributed by atoms with Crippen LogP contribution in [0.4, 0.5) is 5.69 Å². The van der Waals surface area contributed by atoms with Gasteiger partial charge in [-0.1, -0.05) is 18.2 Å². The molecule has 2 aliphatic rings. The van der Waals surface area contributed by atoms with Gasteiger partial charge in [-0.05, 0) is 37.4 Å². The molecule has 0 saturated carbocycles. The molecule has 2 N–H and O–H groups in total. The van der Waals surface area contributed by atoms with Gasteiger partial charge in [-0.15, -0.1) is 0 Å². The van der Waals surface area contributed by atoms with Crippen molar-refractivity contribution < 1.29 is 15.0 Å². The number of rotatable bonds is 3. The molecule has 0 spiro atoms. The summed E-state index contributed by atoms with van der Waals surface area (Å²) in [7, 11) is 0. The summed E-state index contributed by atoms with van der Waals surface area (Å²) in [6.07, 6.45) is 2.31. The summed E-state index contributed by atoms with van der Waals surface area (Å²) < 4.78 is 0. The molecule has 1 aromatic rings. The number of β-amino-alcohol motifs (C(OH)–C–C–N with tert-alkyl or cyclic N) is 1. The van der Waals surface area contributed by atoms with E-state index in [1.807, 2.05) is 28.0 Å². The van der Waals surface area contributed by atoms with Crippen LogP contribution in [0.3, 0.4) is 0 Å². The van der Waals surface area contributed by atoms with Crippen molar-refractivity contribution in [1.29, 1.82) is 0 Å². The molecular weight excluding hydrogens is 268 g/mol.